The molecule has 8 nitrogen and oxygen atoms in total. The Morgan fingerprint density at radius 2 is 1.91 bits per heavy atom. The topological polar surface area (TPSA) is 109 Å². The van der Waals surface area contributed by atoms with Crippen LogP contribution in [0.1, 0.15) is 36.6 Å². The van der Waals surface area contributed by atoms with Crippen LogP contribution in [0.15, 0.2) is 43.0 Å². The Labute approximate surface area is 191 Å². The summed E-state index contributed by atoms with van der Waals surface area (Å²) in [7, 11) is 0. The molecule has 0 aliphatic carbocycles. The Morgan fingerprint density at radius 3 is 2.70 bits per heavy atom. The number of rotatable bonds is 5. The molecule has 3 aromatic heterocycles. The highest BCUT2D eigenvalue weighted by atomic mass is 16.6. The molecule has 166 valence electrons. The molecule has 8 heteroatoms. The summed E-state index contributed by atoms with van der Waals surface area (Å²) in [5, 5.41) is 13.8. The zero-order valence-corrected chi connectivity index (χ0v) is 18.7. The van der Waals surface area contributed by atoms with E-state index in [0.29, 0.717) is 24.4 Å². The van der Waals surface area contributed by atoms with Crippen LogP contribution in [0, 0.1) is 24.2 Å². The van der Waals surface area contributed by atoms with Gasteiger partial charge in [-0.3, -0.25) is 4.98 Å². The highest BCUT2D eigenvalue weighted by Gasteiger charge is 2.22. The lowest BCUT2D eigenvalue weighted by Gasteiger charge is -2.26. The van der Waals surface area contributed by atoms with E-state index in [-0.39, 0.29) is 12.0 Å². The predicted octanol–water partition coefficient (Wildman–Crippen LogP) is 4.78. The fourth-order valence-electron chi connectivity index (χ4n) is 4.14. The van der Waals surface area contributed by atoms with Crippen molar-refractivity contribution in [2.24, 2.45) is 5.92 Å². The minimum Gasteiger partial charge on any atom is -0.486 e. The van der Waals surface area contributed by atoms with Crippen molar-refractivity contribution in [1.82, 2.24) is 19.9 Å². The average molecular weight is 441 g/mol. The molecule has 0 spiro atoms. The van der Waals surface area contributed by atoms with Gasteiger partial charge in [0.2, 0.25) is 0 Å². The molecule has 1 aromatic carbocycles. The average Bonchev–Trinajstić information content (AvgIpc) is 3.27. The van der Waals surface area contributed by atoms with Gasteiger partial charge in [0, 0.05) is 23.7 Å². The summed E-state index contributed by atoms with van der Waals surface area (Å²) in [4.78, 5) is 16.5. The molecule has 4 heterocycles. The summed E-state index contributed by atoms with van der Waals surface area (Å²) in [6, 6.07) is 10.3. The minimum atomic E-state index is 0.00240. The van der Waals surface area contributed by atoms with Crippen molar-refractivity contribution in [2.45, 2.75) is 26.8 Å². The number of H-pyrrole nitrogens is 1. The smallest absolute Gasteiger partial charge is 0.161 e. The van der Waals surface area contributed by atoms with Crippen molar-refractivity contribution in [3.05, 3.63) is 59.7 Å². The number of aromatic amines is 1. The quantitative estimate of drug-likeness (QED) is 0.460. The van der Waals surface area contributed by atoms with E-state index < -0.39 is 0 Å². The number of benzene rings is 1. The Morgan fingerprint density at radius 1 is 1.09 bits per heavy atom. The van der Waals surface area contributed by atoms with Crippen LogP contribution in [0.5, 0.6) is 11.5 Å². The molecule has 0 radical (unpaired) electrons. The molecule has 1 aliphatic heterocycles. The number of aromatic nitrogens is 4. The van der Waals surface area contributed by atoms with Crippen LogP contribution in [0.3, 0.4) is 0 Å². The molecule has 1 atom stereocenters. The highest BCUT2D eigenvalue weighted by Crippen LogP contribution is 2.37. The Balaban J connectivity index is 1.53. The normalized spacial score (nSPS) is 13.7. The summed E-state index contributed by atoms with van der Waals surface area (Å²) < 4.78 is 11.5. The molecule has 2 N–H and O–H groups in total. The van der Waals surface area contributed by atoms with Gasteiger partial charge in [0.05, 0.1) is 17.0 Å². The largest absolute Gasteiger partial charge is 0.486 e. The first-order valence-corrected chi connectivity index (χ1v) is 10.9. The third kappa shape index (κ3) is 3.82. The van der Waals surface area contributed by atoms with Gasteiger partial charge in [-0.25, -0.2) is 9.97 Å². The maximum Gasteiger partial charge on any atom is 0.161 e. The molecule has 0 bridgehead atoms. The third-order valence-electron chi connectivity index (χ3n) is 5.94. The SMILES string of the molecule is Cc1c(C#N)cncc1-c1cc2c(N[C@@H](c3ccc4c(c3)OCCO4)C(C)C)ncnc2[nH]1. The fraction of sp³-hybridized carbons (Fsp3) is 0.280. The number of nitrogens with zero attached hydrogens (tertiary/aromatic N) is 4. The molecule has 1 aliphatic rings. The van der Waals surface area contributed by atoms with Crippen molar-refractivity contribution >= 4 is 16.9 Å². The van der Waals surface area contributed by atoms with Crippen LogP contribution in [-0.2, 0) is 0 Å². The lowest BCUT2D eigenvalue weighted by atomic mass is 9.95. The second-order valence-corrected chi connectivity index (χ2v) is 8.41. The maximum atomic E-state index is 9.36. The molecule has 0 saturated heterocycles. The third-order valence-corrected chi connectivity index (χ3v) is 5.94. The molecular weight excluding hydrogens is 416 g/mol. The van der Waals surface area contributed by atoms with Crippen LogP contribution in [0.4, 0.5) is 5.82 Å². The van der Waals surface area contributed by atoms with E-state index in [0.717, 1.165) is 45.1 Å². The summed E-state index contributed by atoms with van der Waals surface area (Å²) in [6.45, 7) is 7.37. The zero-order valence-electron chi connectivity index (χ0n) is 18.7. The molecule has 0 amide bonds. The summed E-state index contributed by atoms with van der Waals surface area (Å²) >= 11 is 0. The number of fused-ring (bicyclic) bond motifs is 2. The number of hydrogen-bond donors (Lipinski definition) is 2. The molecule has 4 aromatic rings. The van der Waals surface area contributed by atoms with Gasteiger partial charge < -0.3 is 19.8 Å². The van der Waals surface area contributed by atoms with Crippen molar-refractivity contribution in [3.63, 3.8) is 0 Å². The lowest BCUT2D eigenvalue weighted by Crippen LogP contribution is -2.19. The van der Waals surface area contributed by atoms with Crippen molar-refractivity contribution in [1.29, 1.82) is 5.26 Å². The Kier molecular flexibility index (Phi) is 5.31. The van der Waals surface area contributed by atoms with E-state index in [2.05, 4.69) is 51.2 Å². The Hall–Kier alpha value is -4.12. The first kappa shape index (κ1) is 20.8. The summed E-state index contributed by atoms with van der Waals surface area (Å²) in [5.41, 5.74) is 4.95. The van der Waals surface area contributed by atoms with E-state index in [9.17, 15) is 5.26 Å². The van der Waals surface area contributed by atoms with Gasteiger partial charge in [-0.15, -0.1) is 0 Å². The number of anilines is 1. The van der Waals surface area contributed by atoms with Gasteiger partial charge in [-0.1, -0.05) is 19.9 Å². The second kappa shape index (κ2) is 8.43. The second-order valence-electron chi connectivity index (χ2n) is 8.41. The number of pyridine rings is 1. The molecule has 5 rings (SSSR count). The van der Waals surface area contributed by atoms with Crippen LogP contribution in [-0.4, -0.2) is 33.1 Å². The van der Waals surface area contributed by atoms with Crippen LogP contribution >= 0.6 is 0 Å². The van der Waals surface area contributed by atoms with Gasteiger partial charge in [0.15, 0.2) is 11.5 Å². The van der Waals surface area contributed by atoms with E-state index in [1.807, 2.05) is 25.1 Å². The minimum absolute atomic E-state index is 0.00240. The van der Waals surface area contributed by atoms with Crippen LogP contribution in [0.25, 0.3) is 22.3 Å². The van der Waals surface area contributed by atoms with Crippen LogP contribution in [0.2, 0.25) is 0 Å². The molecule has 33 heavy (non-hydrogen) atoms. The predicted molar refractivity (Wildman–Crippen MR) is 125 cm³/mol. The highest BCUT2D eigenvalue weighted by molar-refractivity contribution is 5.92. The van der Waals surface area contributed by atoms with Gasteiger partial charge in [-0.2, -0.15) is 5.26 Å². The van der Waals surface area contributed by atoms with Gasteiger partial charge >= 0.3 is 0 Å². The van der Waals surface area contributed by atoms with E-state index >= 15 is 0 Å². The van der Waals surface area contributed by atoms with Gasteiger partial charge in [0.25, 0.3) is 0 Å². The van der Waals surface area contributed by atoms with Crippen molar-refractivity contribution in [3.8, 4) is 28.8 Å². The molecule has 0 saturated carbocycles. The number of nitrogens with one attached hydrogen (secondary N) is 2. The first-order valence-electron chi connectivity index (χ1n) is 10.9. The van der Waals surface area contributed by atoms with E-state index in [4.69, 9.17) is 9.47 Å². The first-order chi connectivity index (χ1) is 16.0. The van der Waals surface area contributed by atoms with Gasteiger partial charge in [0.1, 0.15) is 37.1 Å². The van der Waals surface area contributed by atoms with E-state index in [1.54, 1.807) is 18.7 Å². The van der Waals surface area contributed by atoms with Crippen molar-refractivity contribution < 1.29 is 9.47 Å². The summed E-state index contributed by atoms with van der Waals surface area (Å²) in [6.07, 6.45) is 4.88. The number of hydrogen-bond acceptors (Lipinski definition) is 7. The lowest BCUT2D eigenvalue weighted by molar-refractivity contribution is 0.171. The van der Waals surface area contributed by atoms with Gasteiger partial charge in [-0.05, 0) is 42.2 Å². The van der Waals surface area contributed by atoms with E-state index in [1.165, 1.54) is 0 Å². The molecular formula is C25H24N6O2. The fourth-order valence-corrected chi connectivity index (χ4v) is 4.14. The number of nitriles is 1. The number of ether oxygens (including phenoxy) is 2. The zero-order chi connectivity index (χ0) is 22.9. The monoisotopic (exact) mass is 440 g/mol. The van der Waals surface area contributed by atoms with Crippen LogP contribution < -0.4 is 14.8 Å². The summed E-state index contributed by atoms with van der Waals surface area (Å²) in [5.74, 6) is 2.56. The molecule has 0 unspecified atom stereocenters. The Bertz CT molecular complexity index is 1370. The van der Waals surface area contributed by atoms with Crippen molar-refractivity contribution in [2.75, 3.05) is 18.5 Å². The molecule has 0 fully saturated rings. The maximum absolute atomic E-state index is 9.36. The standard InChI is InChI=1S/C25H24N6O2/c1-14(2)23(16-4-5-21-22(8-16)33-7-6-32-21)31-25-18-9-20(30-24(18)28-13-29-25)19-12-27-11-17(10-26)15(19)3/h4-5,8-9,11-14,23H,6-7H2,1-3H3,(H2,28,29,30,31)/t23-/m1/s1.